The van der Waals surface area contributed by atoms with Gasteiger partial charge in [-0.15, -0.1) is 0 Å². The van der Waals surface area contributed by atoms with Crippen LogP contribution in [0.15, 0.2) is 60.7 Å². The zero-order chi connectivity index (χ0) is 85.0. The van der Waals surface area contributed by atoms with Crippen LogP contribution in [0.2, 0.25) is 0 Å². The molecule has 39 heteroatoms. The van der Waals surface area contributed by atoms with Crippen LogP contribution in [0.5, 0.6) is 5.75 Å². The van der Waals surface area contributed by atoms with E-state index in [0.29, 0.717) is 422 Å². The van der Waals surface area contributed by atoms with Gasteiger partial charge in [0.25, 0.3) is 0 Å². The van der Waals surface area contributed by atoms with Gasteiger partial charge in [0.1, 0.15) is 12.4 Å². The molecule has 0 aromatic heterocycles. The first-order valence-electron chi connectivity index (χ1n) is 41.7. The summed E-state index contributed by atoms with van der Waals surface area (Å²) >= 11 is 0. The van der Waals surface area contributed by atoms with Crippen LogP contribution >= 0.6 is 0 Å². The largest absolute Gasteiger partial charge is 1.00 e. The molecule has 0 aliphatic heterocycles. The van der Waals surface area contributed by atoms with Crippen molar-refractivity contribution < 1.29 is 203 Å². The monoisotopic (exact) mass is 1770 g/mol. The van der Waals surface area contributed by atoms with Crippen molar-refractivity contribution in [2.24, 2.45) is 0 Å². The molecule has 0 fully saturated rings. The van der Waals surface area contributed by atoms with Crippen molar-refractivity contribution in [3.05, 3.63) is 66.2 Å². The zero-order valence-electron chi connectivity index (χ0n) is 72.5. The first-order chi connectivity index (χ1) is 58.9. The molecule has 0 aliphatic rings. The van der Waals surface area contributed by atoms with E-state index in [1.54, 1.807) is 0 Å². The van der Waals surface area contributed by atoms with Crippen molar-refractivity contribution >= 4 is 10.4 Å². The van der Waals surface area contributed by atoms with Crippen molar-refractivity contribution in [3.8, 4) is 5.75 Å². The fraction of sp³-hybridized carbons (Fsp3) is 0.852. The number of hydrogen-bond acceptors (Lipinski definition) is 37. The molecule has 2 aromatic carbocycles. The summed E-state index contributed by atoms with van der Waals surface area (Å²) in [6.45, 7) is 33.9. The third kappa shape index (κ3) is 103. The fourth-order valence-corrected chi connectivity index (χ4v) is 8.96. The summed E-state index contributed by atoms with van der Waals surface area (Å²) in [6.07, 6.45) is 0. The SMILES string of the molecule is CC(C)c1ccccc1.O=S(=O)([O-])OCCOCCOCCOCCOCCOCCOCCOCCOCCOCCOCCOCCOCCOCCOCCOCCOCCOCCOCCOCCOCCOCCOCCOCCOCCOCCOCCOCCOCCOCCOCCOCCOCCOc1ccccc1.[Na+]. The van der Waals surface area contributed by atoms with Crippen LogP contribution in [0.4, 0.5) is 0 Å². The molecule has 0 heterocycles. The van der Waals surface area contributed by atoms with Gasteiger partial charge in [-0.25, -0.2) is 8.42 Å². The number of ether oxygens (including phenoxy) is 33. The average Bonchev–Trinajstić information content (AvgIpc) is 0.947. The summed E-state index contributed by atoms with van der Waals surface area (Å²) in [7, 11) is -4.69. The van der Waals surface area contributed by atoms with E-state index in [1.165, 1.54) is 5.56 Å². The molecule has 2 aromatic rings. The van der Waals surface area contributed by atoms with E-state index < -0.39 is 10.4 Å². The Balaban J connectivity index is 0.0000132. The Labute approximate surface area is 737 Å². The molecular weight excluding hydrogens is 1620 g/mol. The van der Waals surface area contributed by atoms with Crippen molar-refractivity contribution in [1.82, 2.24) is 0 Å². The normalized spacial score (nSPS) is 11.7. The maximum Gasteiger partial charge on any atom is 1.00 e. The smallest absolute Gasteiger partial charge is 0.726 e. The minimum Gasteiger partial charge on any atom is -0.726 e. The number of benzene rings is 2. The Bertz CT molecular complexity index is 2300. The van der Waals surface area contributed by atoms with Gasteiger partial charge in [0.15, 0.2) is 0 Å². The minimum atomic E-state index is -4.69. The predicted octanol–water partition coefficient (Wildman–Crippen LogP) is 0.887. The third-order valence-corrected chi connectivity index (χ3v) is 15.1. The molecule has 0 saturated heterocycles. The van der Waals surface area contributed by atoms with E-state index in [1.807, 2.05) is 36.4 Å². The number of para-hydroxylation sites is 1. The molecule has 0 saturated carbocycles. The van der Waals surface area contributed by atoms with Crippen molar-refractivity contribution in [2.75, 3.05) is 436 Å². The van der Waals surface area contributed by atoms with Gasteiger partial charge in [0, 0.05) is 0 Å². The van der Waals surface area contributed by atoms with Gasteiger partial charge >= 0.3 is 29.6 Å². The van der Waals surface area contributed by atoms with E-state index in [4.69, 9.17) is 156 Å². The number of rotatable bonds is 102. The van der Waals surface area contributed by atoms with Crippen LogP contribution in [0.1, 0.15) is 25.3 Å². The van der Waals surface area contributed by atoms with E-state index in [0.717, 1.165) is 5.75 Å². The van der Waals surface area contributed by atoms with Gasteiger partial charge in [-0.1, -0.05) is 62.4 Å². The fourth-order valence-electron chi connectivity index (χ4n) is 8.69. The van der Waals surface area contributed by atoms with E-state index in [-0.39, 0.29) is 49.4 Å². The average molecular weight is 1770 g/mol. The molecule has 2 rings (SSSR count). The van der Waals surface area contributed by atoms with Crippen molar-refractivity contribution in [3.63, 3.8) is 0 Å². The van der Waals surface area contributed by atoms with Crippen LogP contribution in [0.25, 0.3) is 0 Å². The molecule has 0 unspecified atom stereocenters. The van der Waals surface area contributed by atoms with Crippen molar-refractivity contribution in [2.45, 2.75) is 19.8 Å². The first kappa shape index (κ1) is 118. The van der Waals surface area contributed by atoms with Crippen LogP contribution in [0, 0.1) is 0 Å². The Hall–Kier alpha value is -2.17. The molecular formula is C81H149NaO37S. The molecule has 0 N–H and O–H groups in total. The summed E-state index contributed by atoms with van der Waals surface area (Å²) in [4.78, 5) is 0. The quantitative estimate of drug-likeness (QED) is 0.0384. The van der Waals surface area contributed by atoms with Crippen LogP contribution in [-0.4, -0.2) is 449 Å². The third-order valence-electron chi connectivity index (χ3n) is 14.7. The summed E-state index contributed by atoms with van der Waals surface area (Å²) < 4.78 is 216. The van der Waals surface area contributed by atoms with Gasteiger partial charge in [0.05, 0.1) is 429 Å². The van der Waals surface area contributed by atoms with Crippen LogP contribution in [0.3, 0.4) is 0 Å². The number of hydrogen-bond donors (Lipinski definition) is 0. The van der Waals surface area contributed by atoms with E-state index in [9.17, 15) is 13.0 Å². The van der Waals surface area contributed by atoms with Crippen LogP contribution in [-0.2, 0) is 166 Å². The van der Waals surface area contributed by atoms with Crippen molar-refractivity contribution in [1.29, 1.82) is 0 Å². The Morgan fingerprint density at radius 1 is 0.192 bits per heavy atom. The summed E-state index contributed by atoms with van der Waals surface area (Å²) in [5.74, 6) is 1.49. The second-order valence-electron chi connectivity index (χ2n) is 24.6. The molecule has 0 aliphatic carbocycles. The zero-order valence-corrected chi connectivity index (χ0v) is 75.3. The van der Waals surface area contributed by atoms with Crippen LogP contribution < -0.4 is 34.3 Å². The van der Waals surface area contributed by atoms with E-state index >= 15 is 0 Å². The van der Waals surface area contributed by atoms with Gasteiger partial charge in [0.2, 0.25) is 10.4 Å². The maximum absolute atomic E-state index is 10.3. The predicted molar refractivity (Wildman–Crippen MR) is 434 cm³/mol. The Kier molecular flexibility index (Phi) is 102. The Morgan fingerprint density at radius 2 is 0.308 bits per heavy atom. The molecule has 0 bridgehead atoms. The molecule has 702 valence electrons. The molecule has 0 atom stereocenters. The maximum atomic E-state index is 10.3. The summed E-state index contributed by atoms with van der Waals surface area (Å²) in [5.41, 5.74) is 1.41. The van der Waals surface area contributed by atoms with E-state index in [2.05, 4.69) is 42.3 Å². The first-order valence-corrected chi connectivity index (χ1v) is 43.0. The summed E-state index contributed by atoms with van der Waals surface area (Å²) in [6, 6.07) is 20.2. The van der Waals surface area contributed by atoms with Gasteiger partial charge in [-0.05, 0) is 23.6 Å². The topological polar surface area (TPSA) is 371 Å². The second kappa shape index (κ2) is 104. The van der Waals surface area contributed by atoms with Gasteiger partial charge < -0.3 is 161 Å². The molecule has 0 radical (unpaired) electrons. The minimum absolute atomic E-state index is 0. The van der Waals surface area contributed by atoms with Gasteiger partial charge in [-0.3, -0.25) is 4.18 Å². The molecule has 120 heavy (non-hydrogen) atoms. The molecule has 0 amide bonds. The van der Waals surface area contributed by atoms with Gasteiger partial charge in [-0.2, -0.15) is 0 Å². The molecule has 37 nitrogen and oxygen atoms in total. The summed E-state index contributed by atoms with van der Waals surface area (Å²) in [5, 5.41) is 0. The molecule has 0 spiro atoms. The second-order valence-corrected chi connectivity index (χ2v) is 25.6. The standard InChI is InChI=1S/C72H138O37S.C9H12.Na/c73-110(74,75)109-71-69-107-67-65-105-63-61-103-59-57-101-55-53-99-51-49-97-47-45-95-43-41-93-39-37-91-35-33-89-31-29-87-27-25-85-23-21-83-19-17-81-15-13-79-11-9-77-7-6-76-8-10-78-12-14-80-16-18-82-20-22-84-24-26-86-28-30-88-32-34-90-36-38-92-40-42-94-44-46-96-48-50-98-52-54-100-56-58-102-60-62-104-64-66-106-68-70-108-72-4-2-1-3-5-72;1-8(2)9-6-4-3-5-7-9;/h1-5H,6-71H2,(H,73,74,75);3-8H,1-2H3;/q;;+1/p-1. The Morgan fingerprint density at radius 3 is 0.425 bits per heavy atom.